The van der Waals surface area contributed by atoms with Crippen molar-refractivity contribution in [3.63, 3.8) is 0 Å². The van der Waals surface area contributed by atoms with Gasteiger partial charge in [0, 0.05) is 11.6 Å². The average Bonchev–Trinajstić information content (AvgIpc) is 2.34. The Morgan fingerprint density at radius 2 is 1.55 bits per heavy atom. The van der Waals surface area contributed by atoms with Crippen LogP contribution in [0.5, 0.6) is 0 Å². The Bertz CT molecular complexity index is 609. The van der Waals surface area contributed by atoms with Gasteiger partial charge < -0.3 is 10.2 Å². The highest BCUT2D eigenvalue weighted by Gasteiger charge is 2.71. The third-order valence-corrected chi connectivity index (χ3v) is 2.66. The number of aliphatic hydroxyl groups is 1. The van der Waals surface area contributed by atoms with Crippen molar-refractivity contribution in [2.45, 2.75) is 18.0 Å². The predicted octanol–water partition coefficient (Wildman–Crippen LogP) is 2.61. The molecular weight excluding hydrogens is 328 g/mol. The summed E-state index contributed by atoms with van der Waals surface area (Å²) in [7, 11) is 0. The van der Waals surface area contributed by atoms with Gasteiger partial charge in [0.25, 0.3) is 11.3 Å². The van der Waals surface area contributed by atoms with Crippen LogP contribution in [0.15, 0.2) is 18.2 Å². The Balaban J connectivity index is 3.70. The molecule has 0 saturated heterocycles. The summed E-state index contributed by atoms with van der Waals surface area (Å²) < 4.78 is 75.7. The number of aromatic carboxylic acids is 1. The van der Waals surface area contributed by atoms with Crippen LogP contribution >= 0.6 is 0 Å². The zero-order valence-corrected chi connectivity index (χ0v) is 10.1. The van der Waals surface area contributed by atoms with Crippen LogP contribution in [0, 0.1) is 10.1 Å². The maximum absolute atomic E-state index is 12.6. The number of halogens is 6. The second-order valence-corrected chi connectivity index (χ2v) is 4.00. The minimum absolute atomic E-state index is 0.0113. The second kappa shape index (κ2) is 5.12. The van der Waals surface area contributed by atoms with E-state index in [0.717, 1.165) is 0 Å². The van der Waals surface area contributed by atoms with Gasteiger partial charge in [-0.3, -0.25) is 10.1 Å². The zero-order chi connectivity index (χ0) is 17.5. The third kappa shape index (κ3) is 2.68. The Kier molecular flexibility index (Phi) is 4.11. The van der Waals surface area contributed by atoms with Crippen LogP contribution in [0.2, 0.25) is 0 Å². The minimum atomic E-state index is -6.23. The van der Waals surface area contributed by atoms with Crippen LogP contribution < -0.4 is 0 Å². The first kappa shape index (κ1) is 17.7. The Hall–Kier alpha value is -2.37. The SMILES string of the molecule is O=C(O)c1ccc(C(O)(C(F)(F)F)C(F)(F)F)cc1[N+](=O)[O-]. The van der Waals surface area contributed by atoms with Crippen LogP contribution in [-0.2, 0) is 5.60 Å². The lowest BCUT2D eigenvalue weighted by Gasteiger charge is -2.32. The lowest BCUT2D eigenvalue weighted by atomic mass is 9.91. The van der Waals surface area contributed by atoms with Crippen LogP contribution in [0.3, 0.4) is 0 Å². The topological polar surface area (TPSA) is 101 Å². The summed E-state index contributed by atoms with van der Waals surface area (Å²) in [6.07, 6.45) is -12.5. The summed E-state index contributed by atoms with van der Waals surface area (Å²) in [6, 6.07) is -0.0832. The van der Waals surface area contributed by atoms with Crippen molar-refractivity contribution in [3.05, 3.63) is 39.4 Å². The number of nitrogens with zero attached hydrogens (tertiary/aromatic N) is 1. The van der Waals surface area contributed by atoms with E-state index in [1.165, 1.54) is 0 Å². The number of hydrogen-bond donors (Lipinski definition) is 2. The van der Waals surface area contributed by atoms with Crippen LogP contribution in [0.4, 0.5) is 32.0 Å². The molecule has 2 N–H and O–H groups in total. The highest BCUT2D eigenvalue weighted by Crippen LogP contribution is 2.50. The van der Waals surface area contributed by atoms with E-state index in [1.54, 1.807) is 0 Å². The number of hydrogen-bond acceptors (Lipinski definition) is 4. The standard InChI is InChI=1S/C10H5F6NO5/c11-9(12,13)8(20,10(14,15)16)4-1-2-5(7(18)19)6(3-4)17(21)22/h1-3,20H,(H,18,19). The quantitative estimate of drug-likeness (QED) is 0.503. The number of nitro benzene ring substituents is 1. The van der Waals surface area contributed by atoms with Crippen LogP contribution in [0.1, 0.15) is 15.9 Å². The lowest BCUT2D eigenvalue weighted by Crippen LogP contribution is -2.53. The predicted molar refractivity (Wildman–Crippen MR) is 56.1 cm³/mol. The van der Waals surface area contributed by atoms with Crippen molar-refractivity contribution in [3.8, 4) is 0 Å². The Morgan fingerprint density at radius 1 is 1.09 bits per heavy atom. The van der Waals surface area contributed by atoms with Crippen LogP contribution in [0.25, 0.3) is 0 Å². The van der Waals surface area contributed by atoms with E-state index >= 15 is 0 Å². The Labute approximate surface area is 116 Å². The maximum atomic E-state index is 12.6. The second-order valence-electron chi connectivity index (χ2n) is 4.00. The van der Waals surface area contributed by atoms with E-state index in [4.69, 9.17) is 10.2 Å². The van der Waals surface area contributed by atoms with Gasteiger partial charge in [-0.15, -0.1) is 0 Å². The van der Waals surface area contributed by atoms with Gasteiger partial charge >= 0.3 is 18.3 Å². The van der Waals surface area contributed by atoms with Crippen molar-refractivity contribution in [2.75, 3.05) is 0 Å². The van der Waals surface area contributed by atoms with E-state index in [0.29, 0.717) is 0 Å². The summed E-state index contributed by atoms with van der Waals surface area (Å²) in [5.41, 5.74) is -9.93. The third-order valence-electron chi connectivity index (χ3n) is 2.66. The largest absolute Gasteiger partial charge is 0.477 e. The van der Waals surface area contributed by atoms with E-state index in [1.807, 2.05) is 0 Å². The molecule has 0 amide bonds. The monoisotopic (exact) mass is 333 g/mol. The van der Waals surface area contributed by atoms with Gasteiger partial charge in [0.15, 0.2) is 0 Å². The molecule has 1 aromatic rings. The highest BCUT2D eigenvalue weighted by molar-refractivity contribution is 5.92. The fourth-order valence-electron chi connectivity index (χ4n) is 1.58. The summed E-state index contributed by atoms with van der Waals surface area (Å²) in [6.45, 7) is 0. The molecule has 0 aromatic heterocycles. The van der Waals surface area contributed by atoms with Gasteiger partial charge in [0.2, 0.25) is 0 Å². The normalized spacial score (nSPS) is 13.0. The van der Waals surface area contributed by atoms with E-state index in [-0.39, 0.29) is 18.2 Å². The van der Waals surface area contributed by atoms with Gasteiger partial charge in [0.05, 0.1) is 4.92 Å². The van der Waals surface area contributed by atoms with E-state index < -0.39 is 45.7 Å². The maximum Gasteiger partial charge on any atom is 0.430 e. The molecule has 0 saturated carbocycles. The smallest absolute Gasteiger partial charge is 0.430 e. The number of carboxylic acid groups (broad SMARTS) is 1. The summed E-state index contributed by atoms with van der Waals surface area (Å²) in [4.78, 5) is 19.8. The van der Waals surface area contributed by atoms with Crippen molar-refractivity contribution in [1.29, 1.82) is 0 Å². The molecule has 22 heavy (non-hydrogen) atoms. The van der Waals surface area contributed by atoms with Gasteiger partial charge in [-0.05, 0) is 6.07 Å². The molecule has 1 aromatic carbocycles. The van der Waals surface area contributed by atoms with Crippen molar-refractivity contribution in [1.82, 2.24) is 0 Å². The Morgan fingerprint density at radius 3 is 1.86 bits per heavy atom. The summed E-state index contributed by atoms with van der Waals surface area (Å²) in [5.74, 6) is -1.93. The molecule has 0 aliphatic rings. The molecule has 1 rings (SSSR count). The molecule has 0 aliphatic heterocycles. The van der Waals surface area contributed by atoms with Crippen molar-refractivity contribution >= 4 is 11.7 Å². The van der Waals surface area contributed by atoms with Gasteiger partial charge in [-0.25, -0.2) is 4.79 Å². The number of alkyl halides is 6. The molecule has 0 spiro atoms. The van der Waals surface area contributed by atoms with Crippen molar-refractivity contribution < 1.29 is 46.3 Å². The number of carboxylic acids is 1. The first-order chi connectivity index (χ1) is 9.73. The molecule has 0 bridgehead atoms. The molecule has 12 heteroatoms. The molecule has 0 heterocycles. The molecule has 122 valence electrons. The van der Waals surface area contributed by atoms with Gasteiger partial charge in [-0.2, -0.15) is 26.3 Å². The summed E-state index contributed by atoms with van der Waals surface area (Å²) >= 11 is 0. The first-order valence-electron chi connectivity index (χ1n) is 5.11. The zero-order valence-electron chi connectivity index (χ0n) is 10.1. The molecular formula is C10H5F6NO5. The molecule has 0 aliphatic carbocycles. The molecule has 0 atom stereocenters. The fraction of sp³-hybridized carbons (Fsp3) is 0.300. The number of benzene rings is 1. The average molecular weight is 333 g/mol. The van der Waals surface area contributed by atoms with Crippen molar-refractivity contribution in [2.24, 2.45) is 0 Å². The van der Waals surface area contributed by atoms with Gasteiger partial charge in [0.1, 0.15) is 5.56 Å². The highest BCUT2D eigenvalue weighted by atomic mass is 19.4. The first-order valence-corrected chi connectivity index (χ1v) is 5.11. The molecule has 0 fully saturated rings. The summed E-state index contributed by atoms with van der Waals surface area (Å²) in [5, 5.41) is 28.3. The lowest BCUT2D eigenvalue weighted by molar-refractivity contribution is -0.387. The van der Waals surface area contributed by atoms with Crippen LogP contribution in [-0.4, -0.2) is 33.5 Å². The minimum Gasteiger partial charge on any atom is -0.477 e. The van der Waals surface area contributed by atoms with E-state index in [9.17, 15) is 41.3 Å². The number of nitro groups is 1. The number of carbonyl (C=O) groups is 1. The molecule has 0 radical (unpaired) electrons. The van der Waals surface area contributed by atoms with Gasteiger partial charge in [-0.1, -0.05) is 6.07 Å². The molecule has 0 unspecified atom stereocenters. The van der Waals surface area contributed by atoms with E-state index in [2.05, 4.69) is 0 Å². The molecule has 6 nitrogen and oxygen atoms in total. The number of rotatable bonds is 3. The fourth-order valence-corrected chi connectivity index (χ4v) is 1.58.